The molecular formula is C52H70ClF2N11O5. The Bertz CT molecular complexity index is 2440. The fourth-order valence-corrected chi connectivity index (χ4v) is 10.1. The average Bonchev–Trinajstić information content (AvgIpc) is 3.99. The molecule has 0 bridgehead atoms. The van der Waals surface area contributed by atoms with Crippen LogP contribution in [0.2, 0.25) is 5.02 Å². The molecule has 2 aromatic carbocycles. The van der Waals surface area contributed by atoms with Crippen LogP contribution < -0.4 is 36.6 Å². The number of aryl methyl sites for hydroxylation is 2. The number of hydrogen-bond acceptors (Lipinski definition) is 11. The van der Waals surface area contributed by atoms with E-state index in [0.29, 0.717) is 24.9 Å². The summed E-state index contributed by atoms with van der Waals surface area (Å²) < 4.78 is 37.3. The summed E-state index contributed by atoms with van der Waals surface area (Å²) in [6.07, 6.45) is 18.6. The molecule has 7 rings (SSSR count). The highest BCUT2D eigenvalue weighted by atomic mass is 35.5. The Balaban J connectivity index is 0.841. The molecule has 4 amide bonds. The minimum atomic E-state index is -0.794. The monoisotopic (exact) mass is 1000 g/mol. The number of likely N-dealkylation sites (N-methyl/N-ethyl adjacent to an activating group) is 1. The topological polar surface area (TPSA) is 197 Å². The zero-order valence-corrected chi connectivity index (χ0v) is 42.0. The molecule has 3 aliphatic rings. The summed E-state index contributed by atoms with van der Waals surface area (Å²) in [5, 5.41) is 22.7. The quantitative estimate of drug-likeness (QED) is 0.0373. The van der Waals surface area contributed by atoms with Crippen LogP contribution in [0.15, 0.2) is 55.0 Å². The lowest BCUT2D eigenvalue weighted by atomic mass is 9.83. The molecule has 0 radical (unpaired) electrons. The first kappa shape index (κ1) is 52.9. The van der Waals surface area contributed by atoms with Crippen molar-refractivity contribution in [3.8, 4) is 5.75 Å². The number of amides is 4. The number of fused-ring (bicyclic) bond motifs is 1. The van der Waals surface area contributed by atoms with Gasteiger partial charge in [-0.1, -0.05) is 87.2 Å². The van der Waals surface area contributed by atoms with Crippen molar-refractivity contribution >= 4 is 52.7 Å². The molecular weight excluding hydrogens is 932 g/mol. The second-order valence-corrected chi connectivity index (χ2v) is 19.7. The van der Waals surface area contributed by atoms with Gasteiger partial charge < -0.3 is 41.5 Å². The second kappa shape index (κ2) is 26.0. The number of aromatic nitrogens is 4. The number of likely N-dealkylation sites (tertiary alicyclic amines) is 1. The highest BCUT2D eigenvalue weighted by Crippen LogP contribution is 2.33. The Morgan fingerprint density at radius 2 is 1.69 bits per heavy atom. The van der Waals surface area contributed by atoms with Gasteiger partial charge in [0.2, 0.25) is 29.6 Å². The van der Waals surface area contributed by atoms with E-state index in [2.05, 4.69) is 59.1 Å². The maximum atomic E-state index is 15.4. The van der Waals surface area contributed by atoms with Gasteiger partial charge in [0.05, 0.1) is 36.8 Å². The van der Waals surface area contributed by atoms with Crippen LogP contribution >= 0.6 is 11.6 Å². The van der Waals surface area contributed by atoms with Crippen LogP contribution in [-0.4, -0.2) is 92.6 Å². The molecule has 4 aromatic rings. The normalized spacial score (nSPS) is 18.8. The van der Waals surface area contributed by atoms with Crippen molar-refractivity contribution in [3.63, 3.8) is 0 Å². The van der Waals surface area contributed by atoms with Crippen molar-refractivity contribution in [1.82, 2.24) is 45.9 Å². The first-order chi connectivity index (χ1) is 34.4. The first-order valence-corrected chi connectivity index (χ1v) is 25.8. The van der Waals surface area contributed by atoms with Gasteiger partial charge in [-0.2, -0.15) is 10.1 Å². The predicted molar refractivity (Wildman–Crippen MR) is 269 cm³/mol. The molecule has 1 saturated carbocycles. The van der Waals surface area contributed by atoms with E-state index in [1.54, 1.807) is 43.0 Å². The summed E-state index contributed by atoms with van der Waals surface area (Å²) in [5.41, 5.74) is 3.05. The number of nitrogens with zero attached hydrogens (tertiary/aromatic N) is 5. The van der Waals surface area contributed by atoms with E-state index in [4.69, 9.17) is 16.3 Å². The Morgan fingerprint density at radius 3 is 2.45 bits per heavy atom. The summed E-state index contributed by atoms with van der Waals surface area (Å²) in [5.74, 6) is -1.90. The second-order valence-electron chi connectivity index (χ2n) is 19.3. The molecule has 19 heteroatoms. The number of anilines is 3. The van der Waals surface area contributed by atoms with Crippen molar-refractivity contribution in [1.29, 1.82) is 0 Å². The molecule has 1 saturated heterocycles. The Kier molecular flexibility index (Phi) is 19.4. The van der Waals surface area contributed by atoms with Crippen LogP contribution in [0.3, 0.4) is 0 Å². The third-order valence-electron chi connectivity index (χ3n) is 14.0. The summed E-state index contributed by atoms with van der Waals surface area (Å²) in [7, 11) is 3.48. The molecule has 3 heterocycles. The number of hydrogen-bond donors (Lipinski definition) is 6. The minimum absolute atomic E-state index is 0.0389. The van der Waals surface area contributed by atoms with E-state index in [-0.39, 0.29) is 89.8 Å². The molecule has 5 unspecified atom stereocenters. The largest absolute Gasteiger partial charge is 0.490 e. The summed E-state index contributed by atoms with van der Waals surface area (Å²) in [4.78, 5) is 65.6. The summed E-state index contributed by atoms with van der Waals surface area (Å²) >= 11 is 6.29. The summed E-state index contributed by atoms with van der Waals surface area (Å²) in [6.45, 7) is 2.07. The summed E-state index contributed by atoms with van der Waals surface area (Å²) in [6, 6.07) is 7.67. The lowest BCUT2D eigenvalue weighted by Gasteiger charge is -2.35. The van der Waals surface area contributed by atoms with Crippen LogP contribution in [0.25, 0.3) is 0 Å². The highest BCUT2D eigenvalue weighted by Gasteiger charge is 2.45. The lowest BCUT2D eigenvalue weighted by molar-refractivity contribution is -0.143. The maximum absolute atomic E-state index is 15.4. The van der Waals surface area contributed by atoms with Gasteiger partial charge in [-0.3, -0.25) is 23.9 Å². The number of unbranched alkanes of at least 4 members (excludes halogenated alkanes) is 6. The molecule has 5 atom stereocenters. The zero-order chi connectivity index (χ0) is 50.3. The predicted octanol–water partition coefficient (Wildman–Crippen LogP) is 7.95. The van der Waals surface area contributed by atoms with E-state index in [0.717, 1.165) is 101 Å². The van der Waals surface area contributed by atoms with Crippen molar-refractivity contribution in [2.75, 3.05) is 30.8 Å². The number of halogens is 3. The van der Waals surface area contributed by atoms with Gasteiger partial charge in [-0.25, -0.2) is 13.8 Å². The van der Waals surface area contributed by atoms with Crippen LogP contribution in [0.4, 0.5) is 26.2 Å². The molecule has 2 aliphatic carbocycles. The average molecular weight is 1000 g/mol. The fraction of sp³-hybridized carbons (Fsp3) is 0.558. The molecule has 2 fully saturated rings. The van der Waals surface area contributed by atoms with Crippen LogP contribution in [-0.2, 0) is 39.2 Å². The Hall–Kier alpha value is -5.88. The van der Waals surface area contributed by atoms with Gasteiger partial charge in [0, 0.05) is 50.4 Å². The fourth-order valence-electron chi connectivity index (χ4n) is 9.99. The Labute approximate surface area is 420 Å². The minimum Gasteiger partial charge on any atom is -0.490 e. The number of rotatable bonds is 24. The van der Waals surface area contributed by atoms with Crippen molar-refractivity contribution in [2.45, 2.75) is 153 Å². The van der Waals surface area contributed by atoms with Crippen molar-refractivity contribution < 1.29 is 32.7 Å². The van der Waals surface area contributed by atoms with E-state index < -0.39 is 35.8 Å². The number of carbonyl (C=O) groups excluding carboxylic acids is 4. The number of carbonyl (C=O) groups is 4. The lowest BCUT2D eigenvalue weighted by Crippen LogP contribution is -2.58. The van der Waals surface area contributed by atoms with Crippen LogP contribution in [0.1, 0.15) is 132 Å². The van der Waals surface area contributed by atoms with E-state index in [1.165, 1.54) is 11.8 Å². The van der Waals surface area contributed by atoms with Crippen LogP contribution in [0, 0.1) is 17.6 Å². The smallest absolute Gasteiger partial charge is 0.246 e. The van der Waals surface area contributed by atoms with Gasteiger partial charge in [0.1, 0.15) is 22.9 Å². The molecule has 71 heavy (non-hydrogen) atoms. The molecule has 16 nitrogen and oxygen atoms in total. The SMILES string of the molecule is CNC(C)C(=O)NC(C(=O)N1CC(NC(=O)CCCCCCCCCOc2cc(F)cc(CNc3nc(Nc4cnn(C)c4)ncc3Cl)c2F)CC1C(=O)NC1CCCc2ccccc21)C1CCCCC1. The van der Waals surface area contributed by atoms with E-state index in [1.807, 2.05) is 12.1 Å². The van der Waals surface area contributed by atoms with Crippen molar-refractivity contribution in [3.05, 3.63) is 88.3 Å². The van der Waals surface area contributed by atoms with E-state index >= 15 is 4.39 Å². The molecule has 6 N–H and O–H groups in total. The first-order valence-electron chi connectivity index (χ1n) is 25.4. The van der Waals surface area contributed by atoms with Crippen LogP contribution in [0.5, 0.6) is 5.75 Å². The number of nitrogens with one attached hydrogen (secondary N) is 6. The van der Waals surface area contributed by atoms with Crippen molar-refractivity contribution in [2.24, 2.45) is 13.0 Å². The van der Waals surface area contributed by atoms with Gasteiger partial charge >= 0.3 is 0 Å². The number of ether oxygens (including phenoxy) is 1. The van der Waals surface area contributed by atoms with E-state index in [9.17, 15) is 23.6 Å². The highest BCUT2D eigenvalue weighted by molar-refractivity contribution is 6.32. The molecule has 384 valence electrons. The van der Waals surface area contributed by atoms with Gasteiger partial charge in [-0.15, -0.1) is 0 Å². The molecule has 0 spiro atoms. The number of benzene rings is 2. The van der Waals surface area contributed by atoms with Gasteiger partial charge in [0.25, 0.3) is 0 Å². The van der Waals surface area contributed by atoms with Gasteiger partial charge in [-0.05, 0) is 88.4 Å². The Morgan fingerprint density at radius 1 is 0.930 bits per heavy atom. The standard InChI is InChI=1S/C52H70ClF2N11O5/c1-33(56-2)49(68)63-47(35-18-10-9-11-19-35)51(70)66-32-38(27-43(66)50(69)62-42-22-16-20-34-17-13-14-21-40(34)42)60-45(67)23-12-7-5-4-6-8-15-24-71-44-26-37(54)25-36(46(44)55)28-57-48-41(53)30-58-52(64-48)61-39-29-59-65(3)31-39/h13-14,17,21,25-26,29-31,33,35,38,42-43,47,56H,4-12,15-16,18-20,22-24,27-28,32H2,1-3H3,(H,60,67)(H,62,69)(H,63,68)(H2,57,58,61,64). The third kappa shape index (κ3) is 14.8. The van der Waals surface area contributed by atoms with Gasteiger partial charge in [0.15, 0.2) is 17.4 Å². The maximum Gasteiger partial charge on any atom is 0.246 e. The molecule has 2 aromatic heterocycles. The molecule has 1 aliphatic heterocycles. The third-order valence-corrected chi connectivity index (χ3v) is 14.3. The zero-order valence-electron chi connectivity index (χ0n) is 41.2.